The molecule has 3 rings (SSSR count). The fourth-order valence-corrected chi connectivity index (χ4v) is 5.89. The van der Waals surface area contributed by atoms with Gasteiger partial charge in [-0.25, -0.2) is 8.42 Å². The maximum atomic E-state index is 12.9. The van der Waals surface area contributed by atoms with E-state index < -0.39 is 15.4 Å². The van der Waals surface area contributed by atoms with E-state index in [9.17, 15) is 18.5 Å². The Labute approximate surface area is 178 Å². The zero-order chi connectivity index (χ0) is 22.1. The first-order valence-corrected chi connectivity index (χ1v) is 11.8. The number of amides is 1. The molecule has 1 aliphatic heterocycles. The number of anilines is 1. The molecular weight excluding hydrogens is 400 g/mol. The molecule has 2 heterocycles. The third kappa shape index (κ3) is 4.58. The number of sulfone groups is 1. The second-order valence-electron chi connectivity index (χ2n) is 8.49. The fraction of sp³-hybridized carbons (Fsp3) is 0.455. The highest BCUT2D eigenvalue weighted by Crippen LogP contribution is 2.28. The molecule has 0 bridgehead atoms. The normalized spacial score (nSPS) is 18.0. The average Bonchev–Trinajstić information content (AvgIpc) is 2.88. The van der Waals surface area contributed by atoms with Crippen LogP contribution in [0.25, 0.3) is 0 Å². The molecule has 160 valence electrons. The summed E-state index contributed by atoms with van der Waals surface area (Å²) in [6.07, 6.45) is 0. The number of hydrogen-bond acceptors (Lipinski definition) is 5. The van der Waals surface area contributed by atoms with Gasteiger partial charge in [-0.05, 0) is 38.8 Å². The molecule has 1 aromatic carbocycles. The van der Waals surface area contributed by atoms with Gasteiger partial charge in [0.2, 0.25) is 5.91 Å². The van der Waals surface area contributed by atoms with Crippen molar-refractivity contribution in [1.29, 1.82) is 5.26 Å². The van der Waals surface area contributed by atoms with E-state index in [-0.39, 0.29) is 24.0 Å². The van der Waals surface area contributed by atoms with E-state index in [1.54, 1.807) is 0 Å². The third-order valence-corrected chi connectivity index (χ3v) is 7.77. The molecule has 8 heteroatoms. The summed E-state index contributed by atoms with van der Waals surface area (Å²) in [5.41, 5.74) is 2.67. The molecular formula is C22H28N4O3S. The smallest absolute Gasteiger partial charge is 0.239 e. The van der Waals surface area contributed by atoms with Crippen LogP contribution in [-0.2, 0) is 21.2 Å². The largest absolute Gasteiger partial charge is 0.326 e. The molecule has 1 saturated heterocycles. The van der Waals surface area contributed by atoms with Crippen molar-refractivity contribution in [1.82, 2.24) is 9.47 Å². The molecule has 2 aromatic rings. The lowest BCUT2D eigenvalue weighted by Crippen LogP contribution is -2.57. The number of rotatable bonds is 5. The Morgan fingerprint density at radius 2 is 1.90 bits per heavy atom. The van der Waals surface area contributed by atoms with Gasteiger partial charge in [0.25, 0.3) is 0 Å². The van der Waals surface area contributed by atoms with Gasteiger partial charge >= 0.3 is 0 Å². The van der Waals surface area contributed by atoms with Crippen molar-refractivity contribution >= 4 is 21.6 Å². The van der Waals surface area contributed by atoms with Crippen molar-refractivity contribution in [3.05, 3.63) is 52.7 Å². The molecule has 7 nitrogen and oxygen atoms in total. The Balaban J connectivity index is 1.84. The van der Waals surface area contributed by atoms with Crippen LogP contribution in [0.5, 0.6) is 0 Å². The molecule has 30 heavy (non-hydrogen) atoms. The van der Waals surface area contributed by atoms with Gasteiger partial charge in [-0.2, -0.15) is 5.26 Å². The molecule has 1 amide bonds. The van der Waals surface area contributed by atoms with E-state index in [0.717, 1.165) is 16.8 Å². The van der Waals surface area contributed by atoms with Gasteiger partial charge < -0.3 is 9.88 Å². The monoisotopic (exact) mass is 428 g/mol. The zero-order valence-electron chi connectivity index (χ0n) is 17.9. The first-order valence-electron chi connectivity index (χ1n) is 9.93. The van der Waals surface area contributed by atoms with Gasteiger partial charge in [-0.15, -0.1) is 0 Å². The lowest BCUT2D eigenvalue weighted by molar-refractivity contribution is -0.118. The van der Waals surface area contributed by atoms with Crippen LogP contribution < -0.4 is 5.32 Å². The highest BCUT2D eigenvalue weighted by Gasteiger charge is 2.38. The summed E-state index contributed by atoms with van der Waals surface area (Å²) >= 11 is 0. The maximum absolute atomic E-state index is 12.9. The predicted molar refractivity (Wildman–Crippen MR) is 117 cm³/mol. The van der Waals surface area contributed by atoms with Crippen molar-refractivity contribution in [3.8, 4) is 6.07 Å². The van der Waals surface area contributed by atoms with Crippen LogP contribution in [0.1, 0.15) is 36.2 Å². The highest BCUT2D eigenvalue weighted by atomic mass is 32.2. The Morgan fingerprint density at radius 3 is 2.50 bits per heavy atom. The molecule has 1 N–H and O–H groups in total. The topological polar surface area (TPSA) is 95.2 Å². The van der Waals surface area contributed by atoms with E-state index in [4.69, 9.17) is 0 Å². The van der Waals surface area contributed by atoms with Gasteiger partial charge in [0, 0.05) is 24.3 Å². The van der Waals surface area contributed by atoms with Gasteiger partial charge in [-0.1, -0.05) is 30.3 Å². The number of hydrogen-bond donors (Lipinski definition) is 1. The number of carbonyl (C=O) groups is 1. The van der Waals surface area contributed by atoms with Gasteiger partial charge in [0.05, 0.1) is 23.6 Å². The minimum Gasteiger partial charge on any atom is -0.326 e. The number of benzene rings is 1. The van der Waals surface area contributed by atoms with Crippen LogP contribution in [-0.4, -0.2) is 53.9 Å². The Bertz CT molecular complexity index is 1100. The number of nitrogens with one attached hydrogen (secondary N) is 1. The van der Waals surface area contributed by atoms with E-state index in [2.05, 4.69) is 11.4 Å². The summed E-state index contributed by atoms with van der Waals surface area (Å²) in [7, 11) is -3.09. The van der Waals surface area contributed by atoms with Crippen molar-refractivity contribution in [3.63, 3.8) is 0 Å². The summed E-state index contributed by atoms with van der Waals surface area (Å²) in [6, 6.07) is 12.1. The van der Waals surface area contributed by atoms with Gasteiger partial charge in [0.15, 0.2) is 9.84 Å². The van der Waals surface area contributed by atoms with E-state index in [0.29, 0.717) is 24.5 Å². The molecule has 0 atom stereocenters. The average molecular weight is 429 g/mol. The van der Waals surface area contributed by atoms with E-state index in [1.165, 1.54) is 0 Å². The fourth-order valence-electron chi connectivity index (χ4n) is 3.99. The SMILES string of the molecule is Cc1c(C#N)c(NC(=O)CN2CCS(=O)(=O)CC2(C)C)n(Cc2ccccc2)c1C. The molecule has 0 unspecified atom stereocenters. The van der Waals surface area contributed by atoms with Crippen molar-refractivity contribution < 1.29 is 13.2 Å². The van der Waals surface area contributed by atoms with Crippen LogP contribution >= 0.6 is 0 Å². The van der Waals surface area contributed by atoms with Crippen molar-refractivity contribution in [2.45, 2.75) is 39.8 Å². The van der Waals surface area contributed by atoms with Gasteiger partial charge in [0.1, 0.15) is 11.9 Å². The van der Waals surface area contributed by atoms with Crippen molar-refractivity contribution in [2.24, 2.45) is 0 Å². The van der Waals surface area contributed by atoms with Crippen LogP contribution in [0.2, 0.25) is 0 Å². The standard InChI is InChI=1S/C22H28N4O3S/c1-16-17(2)26(13-18-8-6-5-7-9-18)21(19(16)12-23)24-20(27)14-25-10-11-30(28,29)15-22(25,3)4/h5-9H,10-11,13-15H2,1-4H3,(H,24,27). The molecule has 1 fully saturated rings. The molecule has 0 spiro atoms. The molecule has 0 radical (unpaired) electrons. The van der Waals surface area contributed by atoms with Crippen LogP contribution in [0.15, 0.2) is 30.3 Å². The zero-order valence-corrected chi connectivity index (χ0v) is 18.7. The number of carbonyl (C=O) groups excluding carboxylic acids is 1. The summed E-state index contributed by atoms with van der Waals surface area (Å²) in [5.74, 6) is 0.309. The quantitative estimate of drug-likeness (QED) is 0.789. The molecule has 1 aliphatic rings. The Kier molecular flexibility index (Phi) is 6.06. The second kappa shape index (κ2) is 8.25. The minimum atomic E-state index is -3.09. The highest BCUT2D eigenvalue weighted by molar-refractivity contribution is 7.91. The predicted octanol–water partition coefficient (Wildman–Crippen LogP) is 2.47. The maximum Gasteiger partial charge on any atom is 0.239 e. The van der Waals surface area contributed by atoms with Crippen molar-refractivity contribution in [2.75, 3.05) is 29.9 Å². The minimum absolute atomic E-state index is 0.0271. The second-order valence-corrected chi connectivity index (χ2v) is 10.7. The van der Waals surface area contributed by atoms with Crippen LogP contribution in [0.4, 0.5) is 5.82 Å². The summed E-state index contributed by atoms with van der Waals surface area (Å²) in [4.78, 5) is 14.8. The summed E-state index contributed by atoms with van der Waals surface area (Å²) in [6.45, 7) is 8.42. The third-order valence-electron chi connectivity index (χ3n) is 5.82. The van der Waals surface area contributed by atoms with Crippen LogP contribution in [0.3, 0.4) is 0 Å². The first-order chi connectivity index (χ1) is 14.0. The number of nitriles is 1. The van der Waals surface area contributed by atoms with Gasteiger partial charge in [-0.3, -0.25) is 9.69 Å². The number of aromatic nitrogens is 1. The lowest BCUT2D eigenvalue weighted by atomic mass is 10.1. The summed E-state index contributed by atoms with van der Waals surface area (Å²) < 4.78 is 25.9. The first kappa shape index (κ1) is 22.1. The Hall–Kier alpha value is -2.63. The molecule has 1 aromatic heterocycles. The van der Waals surface area contributed by atoms with E-state index >= 15 is 0 Å². The lowest BCUT2D eigenvalue weighted by Gasteiger charge is -2.41. The summed E-state index contributed by atoms with van der Waals surface area (Å²) in [5, 5.41) is 12.6. The molecule has 0 saturated carbocycles. The van der Waals surface area contributed by atoms with E-state index in [1.807, 2.05) is 67.5 Å². The molecule has 0 aliphatic carbocycles. The number of nitrogens with zero attached hydrogens (tertiary/aromatic N) is 3. The van der Waals surface area contributed by atoms with Crippen LogP contribution in [0, 0.1) is 25.2 Å². The Morgan fingerprint density at radius 1 is 1.23 bits per heavy atom.